The largest absolute Gasteiger partial charge is 0.469 e. The van der Waals surface area contributed by atoms with Crippen LogP contribution >= 0.6 is 7.82 Å². The summed E-state index contributed by atoms with van der Waals surface area (Å²) in [6, 6.07) is 8.83. The number of nitrogens with one attached hydrogen (secondary N) is 1. The molecular formula is C11H16NO5P. The number of hydrogen-bond donors (Lipinski definition) is 3. The second kappa shape index (κ2) is 6.66. The molecule has 0 saturated carbocycles. The molecule has 0 radical (unpaired) electrons. The van der Waals surface area contributed by atoms with Crippen LogP contribution in [0, 0.1) is 0 Å². The van der Waals surface area contributed by atoms with Gasteiger partial charge in [-0.25, -0.2) is 4.57 Å². The Morgan fingerprint density at radius 1 is 1.39 bits per heavy atom. The molecule has 7 heteroatoms. The van der Waals surface area contributed by atoms with Gasteiger partial charge in [-0.3, -0.25) is 9.32 Å². The number of phosphoric acid groups is 1. The van der Waals surface area contributed by atoms with Crippen molar-refractivity contribution in [2.75, 3.05) is 6.61 Å². The summed E-state index contributed by atoms with van der Waals surface area (Å²) in [5.41, 5.74) is 0.950. The Hall–Kier alpha value is -1.20. The van der Waals surface area contributed by atoms with Crippen molar-refractivity contribution in [3.05, 3.63) is 35.9 Å². The van der Waals surface area contributed by atoms with Crippen LogP contribution in [0.25, 0.3) is 0 Å². The highest BCUT2D eigenvalue weighted by atomic mass is 31.2. The molecule has 0 unspecified atom stereocenters. The van der Waals surface area contributed by atoms with Gasteiger partial charge in [0.2, 0.25) is 5.91 Å². The second-order valence-electron chi connectivity index (χ2n) is 3.87. The van der Waals surface area contributed by atoms with Crippen LogP contribution in [0.4, 0.5) is 0 Å². The lowest BCUT2D eigenvalue weighted by molar-refractivity contribution is -0.119. The zero-order valence-electron chi connectivity index (χ0n) is 9.94. The molecule has 0 fully saturated rings. The Labute approximate surface area is 105 Å². The number of rotatable bonds is 6. The van der Waals surface area contributed by atoms with Crippen LogP contribution in [0.3, 0.4) is 0 Å². The Bertz CT molecular complexity index is 430. The average molecular weight is 273 g/mol. The van der Waals surface area contributed by atoms with Gasteiger partial charge in [0.15, 0.2) is 0 Å². The van der Waals surface area contributed by atoms with Gasteiger partial charge in [-0.05, 0) is 12.0 Å². The first-order chi connectivity index (χ1) is 8.37. The summed E-state index contributed by atoms with van der Waals surface area (Å²) in [7, 11) is -4.52. The first kappa shape index (κ1) is 14.9. The average Bonchev–Trinajstić information content (AvgIpc) is 2.25. The monoisotopic (exact) mass is 273 g/mol. The van der Waals surface area contributed by atoms with Crippen molar-refractivity contribution >= 4 is 13.7 Å². The minimum Gasteiger partial charge on any atom is -0.351 e. The first-order valence-corrected chi connectivity index (χ1v) is 6.91. The third kappa shape index (κ3) is 6.51. The maximum Gasteiger partial charge on any atom is 0.469 e. The van der Waals surface area contributed by atoms with Crippen molar-refractivity contribution in [2.24, 2.45) is 0 Å². The number of carbonyl (C=O) groups excluding carboxylic acids is 1. The van der Waals surface area contributed by atoms with Gasteiger partial charge in [0.1, 0.15) is 0 Å². The summed E-state index contributed by atoms with van der Waals surface area (Å²) in [6.07, 6.45) is 0.445. The summed E-state index contributed by atoms with van der Waals surface area (Å²) in [5.74, 6) is -0.273. The third-order valence-electron chi connectivity index (χ3n) is 2.18. The van der Waals surface area contributed by atoms with Crippen molar-refractivity contribution in [2.45, 2.75) is 19.4 Å². The van der Waals surface area contributed by atoms with Gasteiger partial charge in [0, 0.05) is 6.92 Å². The van der Waals surface area contributed by atoms with Crippen molar-refractivity contribution < 1.29 is 23.7 Å². The fourth-order valence-electron chi connectivity index (χ4n) is 1.52. The van der Waals surface area contributed by atoms with Crippen molar-refractivity contribution in [3.63, 3.8) is 0 Å². The summed E-state index contributed by atoms with van der Waals surface area (Å²) in [5, 5.41) is 2.59. The number of benzene rings is 1. The highest BCUT2D eigenvalue weighted by molar-refractivity contribution is 7.46. The van der Waals surface area contributed by atoms with E-state index in [1.165, 1.54) is 6.92 Å². The van der Waals surface area contributed by atoms with E-state index >= 15 is 0 Å². The molecule has 0 bridgehead atoms. The van der Waals surface area contributed by atoms with Gasteiger partial charge < -0.3 is 15.1 Å². The molecule has 0 aliphatic rings. The fraction of sp³-hybridized carbons (Fsp3) is 0.364. The minimum atomic E-state index is -4.52. The first-order valence-electron chi connectivity index (χ1n) is 5.38. The maximum atomic E-state index is 11.0. The van der Waals surface area contributed by atoms with Gasteiger partial charge >= 0.3 is 7.82 Å². The molecule has 0 spiro atoms. The molecule has 0 saturated heterocycles. The molecule has 1 aromatic rings. The molecule has 6 nitrogen and oxygen atoms in total. The molecule has 1 atom stereocenters. The number of hydrogen-bond acceptors (Lipinski definition) is 3. The molecule has 3 N–H and O–H groups in total. The molecule has 0 aromatic heterocycles. The van der Waals surface area contributed by atoms with Crippen LogP contribution in [0.1, 0.15) is 12.5 Å². The molecule has 0 heterocycles. The van der Waals surface area contributed by atoms with E-state index in [9.17, 15) is 9.36 Å². The molecule has 1 rings (SSSR count). The summed E-state index contributed by atoms with van der Waals surface area (Å²) in [6.45, 7) is 1.11. The van der Waals surface area contributed by atoms with Gasteiger partial charge in [-0.15, -0.1) is 0 Å². The van der Waals surface area contributed by atoms with E-state index < -0.39 is 13.9 Å². The van der Waals surface area contributed by atoms with Gasteiger partial charge in [-0.2, -0.15) is 0 Å². The lowest BCUT2D eigenvalue weighted by atomic mass is 10.1. The summed E-state index contributed by atoms with van der Waals surface area (Å²) < 4.78 is 15.0. The van der Waals surface area contributed by atoms with E-state index in [0.29, 0.717) is 6.42 Å². The number of carbonyl (C=O) groups is 1. The van der Waals surface area contributed by atoms with E-state index in [1.807, 2.05) is 30.3 Å². The standard InChI is InChI=1S/C11H16NO5P/c1-9(13)12-11(8-17-18(14,15)16)7-10-5-3-2-4-6-10/h2-6,11H,7-8H2,1H3,(H,12,13)(H2,14,15,16)/t11-/m1/s1. The molecule has 0 aliphatic heterocycles. The maximum absolute atomic E-state index is 11.0. The Balaban J connectivity index is 2.61. The van der Waals surface area contributed by atoms with E-state index in [4.69, 9.17) is 9.79 Å². The predicted molar refractivity (Wildman–Crippen MR) is 65.7 cm³/mol. The predicted octanol–water partition coefficient (Wildman–Crippen LogP) is 0.843. The molecule has 100 valence electrons. The highest BCUT2D eigenvalue weighted by Crippen LogP contribution is 2.35. The van der Waals surface area contributed by atoms with Crippen LogP contribution in [0.5, 0.6) is 0 Å². The SMILES string of the molecule is CC(=O)N[C@@H](COP(=O)(O)O)Cc1ccccc1. The van der Waals surface area contributed by atoms with Gasteiger partial charge in [0.25, 0.3) is 0 Å². The van der Waals surface area contributed by atoms with Crippen molar-refractivity contribution in [1.82, 2.24) is 5.32 Å². The fourth-order valence-corrected chi connectivity index (χ4v) is 1.90. The third-order valence-corrected chi connectivity index (χ3v) is 2.66. The van der Waals surface area contributed by atoms with E-state index in [0.717, 1.165) is 5.56 Å². The van der Waals surface area contributed by atoms with Crippen LogP contribution in [-0.2, 0) is 20.3 Å². The second-order valence-corrected chi connectivity index (χ2v) is 5.11. The zero-order valence-corrected chi connectivity index (χ0v) is 10.8. The lowest BCUT2D eigenvalue weighted by Crippen LogP contribution is -2.38. The normalized spacial score (nSPS) is 13.1. The molecular weight excluding hydrogens is 257 g/mol. The van der Waals surface area contributed by atoms with Crippen LogP contribution in [0.2, 0.25) is 0 Å². The van der Waals surface area contributed by atoms with E-state index in [-0.39, 0.29) is 12.5 Å². The topological polar surface area (TPSA) is 95.9 Å². The van der Waals surface area contributed by atoms with Crippen molar-refractivity contribution in [1.29, 1.82) is 0 Å². The molecule has 1 amide bonds. The quantitative estimate of drug-likeness (QED) is 0.667. The summed E-state index contributed by atoms with van der Waals surface area (Å²) in [4.78, 5) is 28.3. The highest BCUT2D eigenvalue weighted by Gasteiger charge is 2.19. The zero-order chi connectivity index (χ0) is 13.6. The molecule has 0 aliphatic carbocycles. The Kier molecular flexibility index (Phi) is 5.50. The van der Waals surface area contributed by atoms with Gasteiger partial charge in [-0.1, -0.05) is 30.3 Å². The Morgan fingerprint density at radius 2 is 2.00 bits per heavy atom. The number of amides is 1. The number of phosphoric ester groups is 1. The van der Waals surface area contributed by atoms with E-state index in [2.05, 4.69) is 9.84 Å². The minimum absolute atomic E-state index is 0.237. The Morgan fingerprint density at radius 3 is 2.50 bits per heavy atom. The smallest absolute Gasteiger partial charge is 0.351 e. The van der Waals surface area contributed by atoms with Gasteiger partial charge in [0.05, 0.1) is 12.6 Å². The van der Waals surface area contributed by atoms with Crippen LogP contribution in [0.15, 0.2) is 30.3 Å². The van der Waals surface area contributed by atoms with E-state index in [1.54, 1.807) is 0 Å². The van der Waals surface area contributed by atoms with Crippen LogP contribution in [-0.4, -0.2) is 28.3 Å². The van der Waals surface area contributed by atoms with Crippen molar-refractivity contribution in [3.8, 4) is 0 Å². The molecule has 18 heavy (non-hydrogen) atoms. The molecule has 1 aromatic carbocycles. The van der Waals surface area contributed by atoms with Crippen LogP contribution < -0.4 is 5.32 Å². The summed E-state index contributed by atoms with van der Waals surface area (Å²) >= 11 is 0. The lowest BCUT2D eigenvalue weighted by Gasteiger charge is -2.18.